The lowest BCUT2D eigenvalue weighted by Crippen LogP contribution is -2.82. The van der Waals surface area contributed by atoms with Crippen LogP contribution >= 0.6 is 11.6 Å². The van der Waals surface area contributed by atoms with E-state index in [1.807, 2.05) is 0 Å². The highest BCUT2D eigenvalue weighted by Gasteiger charge is 2.78. The van der Waals surface area contributed by atoms with Crippen molar-refractivity contribution in [1.82, 2.24) is 0 Å². The monoisotopic (exact) mass is 810 g/mol. The number of fused-ring (bicyclic) bond motifs is 5. The van der Waals surface area contributed by atoms with Gasteiger partial charge in [0.2, 0.25) is 6.10 Å². The number of carbonyl (C=O) groups excluding carboxylic acids is 6. The van der Waals surface area contributed by atoms with E-state index in [1.165, 1.54) is 19.1 Å². The molecule has 15 heteroatoms. The number of Topliss-reactive ketones (excluding diaryl/α,β-unsaturated/α-hetero) is 1. The number of hydrogen-bond acceptors (Lipinski definition) is 14. The molecule has 2 bridgehead atoms. The molecule has 2 aromatic rings. The number of ether oxygens (including phenoxy) is 6. The Morgan fingerprint density at radius 1 is 0.930 bits per heavy atom. The van der Waals surface area contributed by atoms with Gasteiger partial charge in [0, 0.05) is 38.5 Å². The Morgan fingerprint density at radius 2 is 1.56 bits per heavy atom. The molecule has 14 nitrogen and oxygen atoms in total. The zero-order valence-electron chi connectivity index (χ0n) is 32.5. The molecule has 0 aromatic heterocycles. The normalized spacial score (nSPS) is 33.1. The number of halogens is 1. The van der Waals surface area contributed by atoms with Crippen LogP contribution in [0.5, 0.6) is 0 Å². The highest BCUT2D eigenvalue weighted by atomic mass is 35.5. The molecule has 1 aliphatic heterocycles. The van der Waals surface area contributed by atoms with Gasteiger partial charge in [0.15, 0.2) is 17.5 Å². The Hall–Kier alpha value is -4.63. The van der Waals surface area contributed by atoms with E-state index in [0.29, 0.717) is 5.56 Å². The van der Waals surface area contributed by atoms with Crippen molar-refractivity contribution in [2.24, 2.45) is 16.7 Å². The number of alkyl halides is 1. The number of aliphatic hydroxyl groups is 2. The second-order valence-corrected chi connectivity index (χ2v) is 16.3. The third-order valence-electron chi connectivity index (χ3n) is 12.4. The van der Waals surface area contributed by atoms with Crippen LogP contribution in [-0.2, 0) is 58.8 Å². The molecule has 2 saturated carbocycles. The zero-order valence-corrected chi connectivity index (χ0v) is 33.3. The quantitative estimate of drug-likeness (QED) is 0.153. The van der Waals surface area contributed by atoms with Gasteiger partial charge in [-0.15, -0.1) is 11.6 Å². The van der Waals surface area contributed by atoms with Crippen LogP contribution in [-0.4, -0.2) is 106 Å². The second-order valence-electron chi connectivity index (χ2n) is 16.0. The lowest BCUT2D eigenvalue weighted by Gasteiger charge is -2.67. The smallest absolute Gasteiger partial charge is 0.348 e. The molecule has 4 aliphatic rings. The summed E-state index contributed by atoms with van der Waals surface area (Å²) in [4.78, 5) is 81.9. The molecular weight excluding hydrogens is 764 g/mol. The Balaban J connectivity index is 1.57. The average molecular weight is 811 g/mol. The van der Waals surface area contributed by atoms with E-state index in [4.69, 9.17) is 40.0 Å². The van der Waals surface area contributed by atoms with E-state index in [0.717, 1.165) is 13.8 Å². The van der Waals surface area contributed by atoms with Crippen molar-refractivity contribution in [1.29, 1.82) is 0 Å². The summed E-state index contributed by atoms with van der Waals surface area (Å²) in [5.74, 6) is -7.38. The van der Waals surface area contributed by atoms with Crippen LogP contribution in [0.15, 0.2) is 71.8 Å². The maximum absolute atomic E-state index is 15.4. The molecule has 1 saturated heterocycles. The summed E-state index contributed by atoms with van der Waals surface area (Å²) in [6.45, 7) is 8.08. The van der Waals surface area contributed by atoms with Crippen LogP contribution in [0.1, 0.15) is 70.3 Å². The second kappa shape index (κ2) is 15.6. The molecular formula is C42H47ClO14. The Morgan fingerprint density at radius 3 is 2.12 bits per heavy atom. The van der Waals surface area contributed by atoms with Crippen LogP contribution in [0.25, 0.3) is 0 Å². The minimum Gasteiger partial charge on any atom is -0.455 e. The van der Waals surface area contributed by atoms with E-state index in [2.05, 4.69) is 0 Å². The van der Waals surface area contributed by atoms with Gasteiger partial charge in [-0.3, -0.25) is 19.2 Å². The summed E-state index contributed by atoms with van der Waals surface area (Å²) in [7, 11) is 0. The molecule has 1 heterocycles. The van der Waals surface area contributed by atoms with Crippen LogP contribution in [0.3, 0.4) is 0 Å². The highest BCUT2D eigenvalue weighted by molar-refractivity contribution is 6.26. The molecule has 0 amide bonds. The van der Waals surface area contributed by atoms with Crippen LogP contribution in [0.4, 0.5) is 0 Å². The fourth-order valence-corrected chi connectivity index (χ4v) is 9.49. The number of ketones is 1. The van der Waals surface area contributed by atoms with Gasteiger partial charge in [-0.1, -0.05) is 62.4 Å². The summed E-state index contributed by atoms with van der Waals surface area (Å²) in [5.41, 5.74) is -6.76. The first-order valence-electron chi connectivity index (χ1n) is 18.7. The van der Waals surface area contributed by atoms with Crippen molar-refractivity contribution >= 4 is 47.2 Å². The van der Waals surface area contributed by atoms with Crippen LogP contribution < -0.4 is 0 Å². The van der Waals surface area contributed by atoms with Crippen molar-refractivity contribution in [3.63, 3.8) is 0 Å². The summed E-state index contributed by atoms with van der Waals surface area (Å²) >= 11 is 5.75. The molecule has 306 valence electrons. The average Bonchev–Trinajstić information content (AvgIpc) is 3.16. The van der Waals surface area contributed by atoms with Gasteiger partial charge < -0.3 is 38.6 Å². The Bertz CT molecular complexity index is 1960. The van der Waals surface area contributed by atoms with Gasteiger partial charge in [0.05, 0.1) is 29.6 Å². The summed E-state index contributed by atoms with van der Waals surface area (Å²) in [6, 6.07) is 16.6. The lowest BCUT2D eigenvalue weighted by molar-refractivity contribution is -0.346. The molecule has 0 radical (unpaired) electrons. The molecule has 3 fully saturated rings. The van der Waals surface area contributed by atoms with Gasteiger partial charge in [0.1, 0.15) is 29.8 Å². The van der Waals surface area contributed by atoms with Gasteiger partial charge in [-0.25, -0.2) is 9.59 Å². The van der Waals surface area contributed by atoms with Gasteiger partial charge >= 0.3 is 29.8 Å². The minimum absolute atomic E-state index is 0.0350. The number of esters is 5. The first-order chi connectivity index (χ1) is 26.8. The number of carbonyl (C=O) groups is 6. The molecule has 2 N–H and O–H groups in total. The van der Waals surface area contributed by atoms with E-state index in [1.54, 1.807) is 69.3 Å². The number of benzene rings is 2. The van der Waals surface area contributed by atoms with Crippen LogP contribution in [0.2, 0.25) is 0 Å². The Kier molecular flexibility index (Phi) is 11.5. The largest absolute Gasteiger partial charge is 0.455 e. The van der Waals surface area contributed by atoms with E-state index in [-0.39, 0.29) is 36.2 Å². The third-order valence-corrected chi connectivity index (χ3v) is 12.6. The first kappa shape index (κ1) is 42.0. The van der Waals surface area contributed by atoms with Crippen molar-refractivity contribution in [3.8, 4) is 0 Å². The molecule has 0 spiro atoms. The molecule has 3 aliphatic carbocycles. The maximum Gasteiger partial charge on any atom is 0.348 e. The molecule has 10 unspecified atom stereocenters. The van der Waals surface area contributed by atoms with Crippen molar-refractivity contribution in [2.75, 3.05) is 12.5 Å². The zero-order chi connectivity index (χ0) is 41.7. The first-order valence-corrected chi connectivity index (χ1v) is 19.3. The highest BCUT2D eigenvalue weighted by Crippen LogP contribution is 2.64. The van der Waals surface area contributed by atoms with Crippen molar-refractivity contribution in [2.45, 2.75) is 109 Å². The van der Waals surface area contributed by atoms with Gasteiger partial charge in [-0.05, 0) is 42.7 Å². The third kappa shape index (κ3) is 7.15. The summed E-state index contributed by atoms with van der Waals surface area (Å²) in [5, 5.41) is 25.6. The molecule has 6 rings (SSSR count). The summed E-state index contributed by atoms with van der Waals surface area (Å²) < 4.78 is 35.6. The van der Waals surface area contributed by atoms with Crippen LogP contribution in [0, 0.1) is 16.7 Å². The van der Waals surface area contributed by atoms with Gasteiger partial charge in [0.25, 0.3) is 0 Å². The predicted molar refractivity (Wildman–Crippen MR) is 199 cm³/mol. The lowest BCUT2D eigenvalue weighted by atomic mass is 9.44. The molecule has 57 heavy (non-hydrogen) atoms. The van der Waals surface area contributed by atoms with Gasteiger partial charge in [-0.2, -0.15) is 0 Å². The molecule has 10 atom stereocenters. The standard InChI is InChI=1S/C42H47ClO14/c1-22-28(55-38(50)27(54-31(47)20-43)17-25-13-9-7-10-14-25)19-42(51)36(56-37(49)26-15-11-8-12-16-26)34-40(6,29(46)18-30-41(34,21-52-30)57-24(3)45)35(48)33(53-23(2)44)32(22)39(42,4)5/h7-16,27-30,33-34,36,46,51H,17-21H2,1-6H3. The Labute approximate surface area is 334 Å². The summed E-state index contributed by atoms with van der Waals surface area (Å²) in [6.07, 6.45) is -9.79. The fourth-order valence-electron chi connectivity index (χ4n) is 9.43. The maximum atomic E-state index is 15.4. The topological polar surface area (TPSA) is 198 Å². The number of rotatable bonds is 10. The van der Waals surface area contributed by atoms with E-state index >= 15 is 4.79 Å². The number of aliphatic hydroxyl groups excluding tert-OH is 1. The minimum atomic E-state index is -2.34. The molecule has 2 aromatic carbocycles. The predicted octanol–water partition coefficient (Wildman–Crippen LogP) is 3.60. The van der Waals surface area contributed by atoms with E-state index < -0.39 is 113 Å². The number of hydrogen-bond donors (Lipinski definition) is 2. The van der Waals surface area contributed by atoms with Crippen molar-refractivity contribution < 1.29 is 67.4 Å². The van der Waals surface area contributed by atoms with E-state index in [9.17, 15) is 34.2 Å². The van der Waals surface area contributed by atoms with Crippen molar-refractivity contribution in [3.05, 3.63) is 82.9 Å². The SMILES string of the molecule is CC(=O)OC1C(=O)C2(C)C(O)CC3OCC3(OC(C)=O)C2C(OC(=O)c2ccccc2)C2(O)CC(OC(=O)C(Cc3ccccc3)OC(=O)CCl)C(C)=C1C2(C)C. The fraction of sp³-hybridized carbons (Fsp3) is 0.524.